The summed E-state index contributed by atoms with van der Waals surface area (Å²) in [5.41, 5.74) is 7.66. The van der Waals surface area contributed by atoms with Gasteiger partial charge in [-0.15, -0.1) is 0 Å². The van der Waals surface area contributed by atoms with Crippen LogP contribution in [-0.2, 0) is 5.54 Å². The Hall–Kier alpha value is -1.02. The van der Waals surface area contributed by atoms with Crippen molar-refractivity contribution in [2.45, 2.75) is 51.0 Å². The summed E-state index contributed by atoms with van der Waals surface area (Å²) in [6.45, 7) is 2.90. The van der Waals surface area contributed by atoms with Gasteiger partial charge in [0.2, 0.25) is 0 Å². The molecule has 1 aliphatic rings. The molecule has 0 amide bonds. The fraction of sp³-hybridized carbons (Fsp3) is 0.600. The van der Waals surface area contributed by atoms with E-state index in [0.29, 0.717) is 0 Å². The molecule has 0 aromatic heterocycles. The Morgan fingerprint density at radius 2 is 1.76 bits per heavy atom. The van der Waals surface area contributed by atoms with Crippen molar-refractivity contribution in [2.75, 3.05) is 6.61 Å². The maximum Gasteiger partial charge on any atom is 0.119 e. The second kappa shape index (κ2) is 5.54. The van der Waals surface area contributed by atoms with Crippen LogP contribution in [-0.4, -0.2) is 6.61 Å². The number of nitrogens with two attached hydrogens (primary N) is 1. The van der Waals surface area contributed by atoms with E-state index in [1.807, 2.05) is 12.1 Å². The lowest BCUT2D eigenvalue weighted by Gasteiger charge is -2.34. The third kappa shape index (κ3) is 3.01. The molecule has 94 valence electrons. The summed E-state index contributed by atoms with van der Waals surface area (Å²) in [6.07, 6.45) is 7.11. The summed E-state index contributed by atoms with van der Waals surface area (Å²) < 4.78 is 5.59. The molecular weight excluding hydrogens is 210 g/mol. The fourth-order valence-electron chi connectivity index (χ4n) is 2.57. The van der Waals surface area contributed by atoms with Gasteiger partial charge in [-0.3, -0.25) is 0 Å². The molecule has 0 unspecified atom stereocenters. The maximum atomic E-state index is 6.49. The molecule has 0 radical (unpaired) electrons. The van der Waals surface area contributed by atoms with Crippen LogP contribution >= 0.6 is 0 Å². The quantitative estimate of drug-likeness (QED) is 0.862. The normalized spacial score (nSPS) is 18.9. The fourth-order valence-corrected chi connectivity index (χ4v) is 2.57. The summed E-state index contributed by atoms with van der Waals surface area (Å²) in [7, 11) is 0. The molecule has 0 aliphatic heterocycles. The van der Waals surface area contributed by atoms with E-state index in [0.717, 1.165) is 31.6 Å². The van der Waals surface area contributed by atoms with Crippen molar-refractivity contribution in [3.05, 3.63) is 29.8 Å². The second-order valence-electron chi connectivity index (χ2n) is 5.09. The van der Waals surface area contributed by atoms with Crippen LogP contribution in [0.5, 0.6) is 5.75 Å². The summed E-state index contributed by atoms with van der Waals surface area (Å²) in [5.74, 6) is 0.954. The van der Waals surface area contributed by atoms with Gasteiger partial charge in [0, 0.05) is 5.54 Å². The number of ether oxygens (including phenoxy) is 1. The van der Waals surface area contributed by atoms with E-state index in [4.69, 9.17) is 10.5 Å². The molecule has 17 heavy (non-hydrogen) atoms. The SMILES string of the molecule is CCCOc1ccc(C2(N)CCCCC2)cc1. The summed E-state index contributed by atoms with van der Waals surface area (Å²) in [6, 6.07) is 8.37. The van der Waals surface area contributed by atoms with Crippen LogP contribution < -0.4 is 10.5 Å². The van der Waals surface area contributed by atoms with Crippen molar-refractivity contribution in [1.82, 2.24) is 0 Å². The van der Waals surface area contributed by atoms with E-state index >= 15 is 0 Å². The van der Waals surface area contributed by atoms with Gasteiger partial charge in [0.25, 0.3) is 0 Å². The predicted octanol–water partition coefficient (Wildman–Crippen LogP) is 3.59. The third-order valence-corrected chi connectivity index (χ3v) is 3.65. The Balaban J connectivity index is 2.06. The lowest BCUT2D eigenvalue weighted by atomic mass is 9.77. The van der Waals surface area contributed by atoms with E-state index in [1.165, 1.54) is 24.8 Å². The summed E-state index contributed by atoms with van der Waals surface area (Å²) >= 11 is 0. The highest BCUT2D eigenvalue weighted by Crippen LogP contribution is 2.35. The smallest absolute Gasteiger partial charge is 0.119 e. The van der Waals surface area contributed by atoms with Crippen molar-refractivity contribution in [3.8, 4) is 5.75 Å². The first kappa shape index (κ1) is 12.4. The predicted molar refractivity (Wildman–Crippen MR) is 71.2 cm³/mol. The standard InChI is InChI=1S/C15H23NO/c1-2-12-17-14-8-6-13(7-9-14)15(16)10-4-3-5-11-15/h6-9H,2-5,10-12,16H2,1H3. The average Bonchev–Trinajstić information content (AvgIpc) is 2.38. The molecule has 0 spiro atoms. The number of hydrogen-bond donors (Lipinski definition) is 1. The molecule has 0 atom stereocenters. The Morgan fingerprint density at radius 1 is 1.12 bits per heavy atom. The van der Waals surface area contributed by atoms with E-state index in [-0.39, 0.29) is 5.54 Å². The van der Waals surface area contributed by atoms with E-state index < -0.39 is 0 Å². The minimum Gasteiger partial charge on any atom is -0.494 e. The molecule has 2 heteroatoms. The molecule has 2 nitrogen and oxygen atoms in total. The summed E-state index contributed by atoms with van der Waals surface area (Å²) in [4.78, 5) is 0. The van der Waals surface area contributed by atoms with Crippen molar-refractivity contribution in [1.29, 1.82) is 0 Å². The van der Waals surface area contributed by atoms with Gasteiger partial charge in [0.05, 0.1) is 6.61 Å². The minimum absolute atomic E-state index is 0.0957. The van der Waals surface area contributed by atoms with Gasteiger partial charge in [0.15, 0.2) is 0 Å². The molecule has 0 bridgehead atoms. The molecule has 1 aromatic rings. The van der Waals surface area contributed by atoms with Crippen molar-refractivity contribution >= 4 is 0 Å². The molecule has 2 N–H and O–H groups in total. The molecule has 0 saturated heterocycles. The zero-order valence-corrected chi connectivity index (χ0v) is 10.7. The molecule has 1 saturated carbocycles. The van der Waals surface area contributed by atoms with Crippen LogP contribution in [0.1, 0.15) is 51.0 Å². The topological polar surface area (TPSA) is 35.2 Å². The first-order chi connectivity index (χ1) is 8.24. The maximum absolute atomic E-state index is 6.49. The highest BCUT2D eigenvalue weighted by atomic mass is 16.5. The first-order valence-corrected chi connectivity index (χ1v) is 6.77. The van der Waals surface area contributed by atoms with E-state index in [1.54, 1.807) is 0 Å². The second-order valence-corrected chi connectivity index (χ2v) is 5.09. The molecule has 2 rings (SSSR count). The van der Waals surface area contributed by atoms with Crippen molar-refractivity contribution in [2.24, 2.45) is 5.73 Å². The highest BCUT2D eigenvalue weighted by Gasteiger charge is 2.29. The van der Waals surface area contributed by atoms with Gasteiger partial charge in [-0.05, 0) is 37.0 Å². The van der Waals surface area contributed by atoms with Gasteiger partial charge < -0.3 is 10.5 Å². The van der Waals surface area contributed by atoms with Gasteiger partial charge in [0.1, 0.15) is 5.75 Å². The van der Waals surface area contributed by atoms with Crippen LogP contribution in [0.4, 0.5) is 0 Å². The lowest BCUT2D eigenvalue weighted by molar-refractivity contribution is 0.300. The Morgan fingerprint density at radius 3 is 2.35 bits per heavy atom. The van der Waals surface area contributed by atoms with E-state index in [9.17, 15) is 0 Å². The van der Waals surface area contributed by atoms with Gasteiger partial charge in [-0.2, -0.15) is 0 Å². The first-order valence-electron chi connectivity index (χ1n) is 6.77. The van der Waals surface area contributed by atoms with E-state index in [2.05, 4.69) is 19.1 Å². The van der Waals surface area contributed by atoms with Crippen LogP contribution in [0.15, 0.2) is 24.3 Å². The van der Waals surface area contributed by atoms with Crippen LogP contribution in [0.2, 0.25) is 0 Å². The number of hydrogen-bond acceptors (Lipinski definition) is 2. The Bertz CT molecular complexity index is 338. The van der Waals surface area contributed by atoms with Crippen LogP contribution in [0.25, 0.3) is 0 Å². The number of rotatable bonds is 4. The van der Waals surface area contributed by atoms with Crippen molar-refractivity contribution < 1.29 is 4.74 Å². The molecule has 1 aromatic carbocycles. The minimum atomic E-state index is -0.0957. The van der Waals surface area contributed by atoms with Gasteiger partial charge >= 0.3 is 0 Å². The monoisotopic (exact) mass is 233 g/mol. The molecule has 1 aliphatic carbocycles. The zero-order chi connectivity index (χ0) is 12.1. The van der Waals surface area contributed by atoms with Crippen LogP contribution in [0.3, 0.4) is 0 Å². The zero-order valence-electron chi connectivity index (χ0n) is 10.7. The lowest BCUT2D eigenvalue weighted by Crippen LogP contribution is -2.38. The highest BCUT2D eigenvalue weighted by molar-refractivity contribution is 5.32. The molecule has 0 heterocycles. The summed E-state index contributed by atoms with van der Waals surface area (Å²) in [5, 5.41) is 0. The Labute approximate surface area is 104 Å². The van der Waals surface area contributed by atoms with Crippen molar-refractivity contribution in [3.63, 3.8) is 0 Å². The van der Waals surface area contributed by atoms with Crippen LogP contribution in [0, 0.1) is 0 Å². The largest absolute Gasteiger partial charge is 0.494 e. The molecule has 1 fully saturated rings. The third-order valence-electron chi connectivity index (χ3n) is 3.65. The number of benzene rings is 1. The Kier molecular flexibility index (Phi) is 4.06. The molecular formula is C15H23NO. The van der Waals surface area contributed by atoms with Gasteiger partial charge in [-0.25, -0.2) is 0 Å². The average molecular weight is 233 g/mol. The van der Waals surface area contributed by atoms with Gasteiger partial charge in [-0.1, -0.05) is 38.3 Å².